The van der Waals surface area contributed by atoms with E-state index < -0.39 is 24.3 Å². The molecule has 11 heavy (non-hydrogen) atoms. The van der Waals surface area contributed by atoms with Crippen LogP contribution >= 0.6 is 0 Å². The van der Waals surface area contributed by atoms with Gasteiger partial charge in [0.1, 0.15) is 0 Å². The number of nitrogens with zero attached hydrogens (tertiary/aromatic N) is 1. The van der Waals surface area contributed by atoms with Gasteiger partial charge in [0.15, 0.2) is 12.3 Å². The molecule has 0 spiro atoms. The molecule has 62 valence electrons. The molecule has 0 aromatic rings. The Bertz CT molecular complexity index is 185. The Labute approximate surface area is 62.4 Å². The summed E-state index contributed by atoms with van der Waals surface area (Å²) in [4.78, 5) is 22.1. The molecule has 1 saturated heterocycles. The molecule has 1 aliphatic heterocycles. The molecule has 2 atom stereocenters. The Morgan fingerprint density at radius 2 is 2.00 bits per heavy atom. The van der Waals surface area contributed by atoms with Crippen LogP contribution in [-0.4, -0.2) is 46.4 Å². The van der Waals surface area contributed by atoms with Gasteiger partial charge in [-0.2, -0.15) is 0 Å². The summed E-state index contributed by atoms with van der Waals surface area (Å²) >= 11 is 0. The third-order valence-corrected chi connectivity index (χ3v) is 1.50. The molecule has 3 N–H and O–H groups in total. The van der Waals surface area contributed by atoms with Crippen LogP contribution in [0, 0.1) is 0 Å². The topological polar surface area (TPSA) is 89.9 Å². The van der Waals surface area contributed by atoms with Gasteiger partial charge in [0.25, 0.3) is 5.91 Å². The molecule has 1 aliphatic rings. The van der Waals surface area contributed by atoms with Crippen LogP contribution in [-0.2, 0) is 4.79 Å². The van der Waals surface area contributed by atoms with Crippen molar-refractivity contribution in [3.8, 4) is 0 Å². The number of aliphatic hydroxyl groups is 2. The van der Waals surface area contributed by atoms with Gasteiger partial charge in [0.05, 0.1) is 0 Å². The highest BCUT2D eigenvalue weighted by Crippen LogP contribution is 2.05. The predicted octanol–water partition coefficient (Wildman–Crippen LogP) is -2.15. The van der Waals surface area contributed by atoms with Crippen molar-refractivity contribution in [2.24, 2.45) is 0 Å². The Kier molecular flexibility index (Phi) is 1.79. The number of aliphatic hydroxyl groups excluding tert-OH is 2. The third-order valence-electron chi connectivity index (χ3n) is 1.50. The lowest BCUT2D eigenvalue weighted by Gasteiger charge is -2.31. The molecule has 1 heterocycles. The number of likely N-dealkylation sites (N-methyl/N-ethyl adjacent to an activating group) is 1. The quantitative estimate of drug-likeness (QED) is 0.377. The number of carbonyl (C=O) groups excluding carboxylic acids is 2. The van der Waals surface area contributed by atoms with Gasteiger partial charge in [-0.05, 0) is 0 Å². The van der Waals surface area contributed by atoms with Crippen molar-refractivity contribution in [1.29, 1.82) is 0 Å². The lowest BCUT2D eigenvalue weighted by Crippen LogP contribution is -2.61. The molecule has 3 amide bonds. The second-order valence-corrected chi connectivity index (χ2v) is 2.26. The number of rotatable bonds is 0. The summed E-state index contributed by atoms with van der Waals surface area (Å²) in [6.07, 6.45) is -3.01. The number of nitrogens with one attached hydrogen (secondary N) is 1. The van der Waals surface area contributed by atoms with E-state index >= 15 is 0 Å². The maximum atomic E-state index is 10.7. The van der Waals surface area contributed by atoms with Crippen molar-refractivity contribution < 1.29 is 19.8 Å². The van der Waals surface area contributed by atoms with Crippen molar-refractivity contribution in [3.63, 3.8) is 0 Å². The molecule has 6 heteroatoms. The fraction of sp³-hybridized carbons (Fsp3) is 0.600. The van der Waals surface area contributed by atoms with E-state index in [0.29, 0.717) is 0 Å². The molecule has 0 bridgehead atoms. The summed E-state index contributed by atoms with van der Waals surface area (Å²) < 4.78 is 0. The first kappa shape index (κ1) is 7.96. The first-order valence-electron chi connectivity index (χ1n) is 2.98. The van der Waals surface area contributed by atoms with Gasteiger partial charge in [-0.15, -0.1) is 0 Å². The molecule has 0 radical (unpaired) electrons. The van der Waals surface area contributed by atoms with Gasteiger partial charge in [-0.1, -0.05) is 0 Å². The Balaban J connectivity index is 2.78. The summed E-state index contributed by atoms with van der Waals surface area (Å²) in [5, 5.41) is 19.7. The largest absolute Gasteiger partial charge is 0.379 e. The molecular weight excluding hydrogens is 152 g/mol. The van der Waals surface area contributed by atoms with Gasteiger partial charge >= 0.3 is 6.03 Å². The van der Waals surface area contributed by atoms with E-state index in [0.717, 1.165) is 4.90 Å². The zero-order valence-corrected chi connectivity index (χ0v) is 5.81. The van der Waals surface area contributed by atoms with Crippen LogP contribution in [0.25, 0.3) is 0 Å². The van der Waals surface area contributed by atoms with E-state index in [1.807, 2.05) is 5.32 Å². The second-order valence-electron chi connectivity index (χ2n) is 2.26. The molecular formula is C5H8N2O4. The molecule has 0 unspecified atom stereocenters. The summed E-state index contributed by atoms with van der Waals surface area (Å²) in [6.45, 7) is 0. The number of hydrogen-bond donors (Lipinski definition) is 3. The van der Waals surface area contributed by atoms with Gasteiger partial charge in [0, 0.05) is 7.05 Å². The minimum absolute atomic E-state index is 0.715. The van der Waals surface area contributed by atoms with E-state index in [1.165, 1.54) is 7.05 Å². The minimum Gasteiger partial charge on any atom is -0.379 e. The Morgan fingerprint density at radius 3 is 2.55 bits per heavy atom. The predicted molar refractivity (Wildman–Crippen MR) is 33.3 cm³/mol. The van der Waals surface area contributed by atoms with Crippen LogP contribution in [0.2, 0.25) is 0 Å². The monoisotopic (exact) mass is 160 g/mol. The summed E-state index contributed by atoms with van der Waals surface area (Å²) in [5.41, 5.74) is 0. The van der Waals surface area contributed by atoms with Crippen LogP contribution in [0.1, 0.15) is 0 Å². The highest BCUT2D eigenvalue weighted by atomic mass is 16.4. The standard InChI is InChI=1S/C5H8N2O4/c1-7-4(10)2(8)3(9)6-5(7)11/h2,4,8,10H,1H3,(H,6,9,11)/t2-,4+/m1/s1. The first-order valence-corrected chi connectivity index (χ1v) is 2.98. The smallest absolute Gasteiger partial charge is 0.326 e. The Hall–Kier alpha value is -1.14. The van der Waals surface area contributed by atoms with E-state index in [1.54, 1.807) is 0 Å². The molecule has 0 aromatic carbocycles. The summed E-state index contributed by atoms with van der Waals surface area (Å²) in [6, 6.07) is -0.715. The van der Waals surface area contributed by atoms with E-state index in [-0.39, 0.29) is 0 Å². The number of imide groups is 1. The fourth-order valence-electron chi connectivity index (χ4n) is 0.735. The zero-order valence-electron chi connectivity index (χ0n) is 5.81. The molecule has 0 aromatic heterocycles. The van der Waals surface area contributed by atoms with E-state index in [4.69, 9.17) is 10.2 Å². The molecule has 6 nitrogen and oxygen atoms in total. The molecule has 1 fully saturated rings. The van der Waals surface area contributed by atoms with E-state index in [2.05, 4.69) is 0 Å². The summed E-state index contributed by atoms with van der Waals surface area (Å²) in [7, 11) is 1.27. The van der Waals surface area contributed by atoms with Crippen LogP contribution in [0.4, 0.5) is 4.79 Å². The SMILES string of the molecule is CN1C(=O)NC(=O)[C@@H](O)[C@@H]1O. The number of carbonyl (C=O) groups is 2. The number of hydrogen-bond acceptors (Lipinski definition) is 4. The normalized spacial score (nSPS) is 32.1. The van der Waals surface area contributed by atoms with Crippen molar-refractivity contribution in [3.05, 3.63) is 0 Å². The fourth-order valence-corrected chi connectivity index (χ4v) is 0.735. The van der Waals surface area contributed by atoms with Gasteiger partial charge < -0.3 is 10.2 Å². The minimum atomic E-state index is -1.56. The van der Waals surface area contributed by atoms with Gasteiger partial charge in [0.2, 0.25) is 0 Å². The Morgan fingerprint density at radius 1 is 1.45 bits per heavy atom. The van der Waals surface area contributed by atoms with Crippen LogP contribution in [0.5, 0.6) is 0 Å². The first-order chi connectivity index (χ1) is 5.04. The average Bonchev–Trinajstić information content (AvgIpc) is 1.97. The lowest BCUT2D eigenvalue weighted by molar-refractivity contribution is -0.145. The van der Waals surface area contributed by atoms with Crippen LogP contribution in [0.15, 0.2) is 0 Å². The molecule has 0 saturated carbocycles. The molecule has 1 rings (SSSR count). The van der Waals surface area contributed by atoms with Crippen LogP contribution in [0.3, 0.4) is 0 Å². The summed E-state index contributed by atoms with van der Waals surface area (Å²) in [5.74, 6) is -0.874. The maximum absolute atomic E-state index is 10.7. The van der Waals surface area contributed by atoms with Gasteiger partial charge in [-0.3, -0.25) is 15.0 Å². The van der Waals surface area contributed by atoms with Crippen molar-refractivity contribution >= 4 is 11.9 Å². The maximum Gasteiger partial charge on any atom is 0.326 e. The van der Waals surface area contributed by atoms with Crippen LogP contribution < -0.4 is 5.32 Å². The van der Waals surface area contributed by atoms with Gasteiger partial charge in [-0.25, -0.2) is 4.79 Å². The number of amides is 3. The highest BCUT2D eigenvalue weighted by Gasteiger charge is 2.36. The van der Waals surface area contributed by atoms with E-state index in [9.17, 15) is 9.59 Å². The lowest BCUT2D eigenvalue weighted by atomic mass is 10.2. The molecule has 0 aliphatic carbocycles. The van der Waals surface area contributed by atoms with Crippen molar-refractivity contribution in [1.82, 2.24) is 10.2 Å². The van der Waals surface area contributed by atoms with Crippen molar-refractivity contribution in [2.45, 2.75) is 12.3 Å². The van der Waals surface area contributed by atoms with Crippen molar-refractivity contribution in [2.75, 3.05) is 7.05 Å². The number of urea groups is 1. The zero-order chi connectivity index (χ0) is 8.59. The third kappa shape index (κ3) is 1.17. The second kappa shape index (κ2) is 2.48. The highest BCUT2D eigenvalue weighted by molar-refractivity contribution is 5.99. The average molecular weight is 160 g/mol.